The van der Waals surface area contributed by atoms with E-state index >= 15 is 0 Å². The van der Waals surface area contributed by atoms with Gasteiger partial charge in [-0.25, -0.2) is 9.36 Å². The van der Waals surface area contributed by atoms with Gasteiger partial charge in [-0.1, -0.05) is 20.8 Å². The molecule has 6 nitrogen and oxygen atoms in total. The third kappa shape index (κ3) is 5.92. The molecule has 1 aromatic heterocycles. The van der Waals surface area contributed by atoms with Crippen molar-refractivity contribution in [1.29, 1.82) is 0 Å². The Balaban J connectivity index is 2.22. The summed E-state index contributed by atoms with van der Waals surface area (Å²) in [6, 6.07) is 6.51. The predicted octanol–water partition coefficient (Wildman–Crippen LogP) is 3.56. The maximum Gasteiger partial charge on any atom is 0.419 e. The van der Waals surface area contributed by atoms with E-state index in [1.165, 1.54) is 6.07 Å². The predicted molar refractivity (Wildman–Crippen MR) is 106 cm³/mol. The highest BCUT2D eigenvalue weighted by Crippen LogP contribution is 2.26. The minimum atomic E-state index is -1.43. The van der Waals surface area contributed by atoms with E-state index in [0.29, 0.717) is 29.7 Å². The third-order valence-electron chi connectivity index (χ3n) is 4.00. The number of carbonyl (C=O) groups is 2. The van der Waals surface area contributed by atoms with Crippen LogP contribution in [0.15, 0.2) is 24.3 Å². The monoisotopic (exact) mass is 392 g/mol. The zero-order valence-corrected chi connectivity index (χ0v) is 17.1. The van der Waals surface area contributed by atoms with E-state index in [1.807, 2.05) is 27.0 Å². The van der Waals surface area contributed by atoms with E-state index in [9.17, 15) is 14.7 Å². The SMILES string of the molecule is CSCCCOc1ccc2c(c1)cc(C(=O)[O-])n2C(=O)OCCC(C)(C)C. The molecule has 0 unspecified atom stereocenters. The summed E-state index contributed by atoms with van der Waals surface area (Å²) in [5.74, 6) is 0.210. The lowest BCUT2D eigenvalue weighted by Crippen LogP contribution is -2.28. The first kappa shape index (κ1) is 21.2. The Bertz CT molecular complexity index is 807. The summed E-state index contributed by atoms with van der Waals surface area (Å²) in [6.45, 7) is 6.91. The van der Waals surface area contributed by atoms with Crippen molar-refractivity contribution in [3.8, 4) is 5.75 Å². The topological polar surface area (TPSA) is 80.6 Å². The summed E-state index contributed by atoms with van der Waals surface area (Å²) < 4.78 is 12.0. The standard InChI is InChI=1S/C20H27NO5S/c1-20(2,3)8-10-26-19(24)21-16-7-6-15(25-9-5-11-27-4)12-14(16)13-17(21)18(22)23/h6-7,12-13H,5,8-11H2,1-4H3,(H,22,23)/p-1. The quantitative estimate of drug-likeness (QED) is 0.639. The molecular weight excluding hydrogens is 366 g/mol. The van der Waals surface area contributed by atoms with Crippen LogP contribution in [0.25, 0.3) is 10.9 Å². The molecule has 0 bridgehead atoms. The van der Waals surface area contributed by atoms with Gasteiger partial charge in [0.05, 0.1) is 30.4 Å². The number of carboxylic acid groups (broad SMARTS) is 1. The Morgan fingerprint density at radius 1 is 1.19 bits per heavy atom. The smallest absolute Gasteiger partial charge is 0.419 e. The maximum absolute atomic E-state index is 12.5. The molecule has 0 fully saturated rings. The number of thioether (sulfide) groups is 1. The number of nitrogens with zero attached hydrogens (tertiary/aromatic N) is 1. The number of ether oxygens (including phenoxy) is 2. The summed E-state index contributed by atoms with van der Waals surface area (Å²) in [7, 11) is 0. The van der Waals surface area contributed by atoms with Crippen molar-refractivity contribution in [2.45, 2.75) is 33.6 Å². The fraction of sp³-hybridized carbons (Fsp3) is 0.500. The average Bonchev–Trinajstić information content (AvgIpc) is 2.96. The number of rotatable bonds is 8. The van der Waals surface area contributed by atoms with Gasteiger partial charge in [0.25, 0.3) is 0 Å². The highest BCUT2D eigenvalue weighted by Gasteiger charge is 2.19. The molecule has 7 heteroatoms. The van der Waals surface area contributed by atoms with Crippen LogP contribution in [0.3, 0.4) is 0 Å². The molecule has 0 spiro atoms. The second kappa shape index (κ2) is 9.17. The Morgan fingerprint density at radius 2 is 1.93 bits per heavy atom. The third-order valence-corrected chi connectivity index (χ3v) is 4.70. The van der Waals surface area contributed by atoms with Gasteiger partial charge >= 0.3 is 6.09 Å². The van der Waals surface area contributed by atoms with Crippen LogP contribution in [0.4, 0.5) is 4.79 Å². The molecule has 0 atom stereocenters. The molecule has 148 valence electrons. The number of fused-ring (bicyclic) bond motifs is 1. The zero-order chi connectivity index (χ0) is 20.0. The van der Waals surface area contributed by atoms with Crippen molar-refractivity contribution < 1.29 is 24.2 Å². The number of benzene rings is 1. The van der Waals surface area contributed by atoms with Gasteiger partial charge in [-0.2, -0.15) is 11.8 Å². The lowest BCUT2D eigenvalue weighted by molar-refractivity contribution is -0.255. The van der Waals surface area contributed by atoms with E-state index in [0.717, 1.165) is 16.7 Å². The van der Waals surface area contributed by atoms with E-state index in [2.05, 4.69) is 0 Å². The summed E-state index contributed by atoms with van der Waals surface area (Å²) in [6.07, 6.45) is 2.91. The van der Waals surface area contributed by atoms with Gasteiger partial charge in [0.2, 0.25) is 0 Å². The van der Waals surface area contributed by atoms with Gasteiger partial charge in [-0.05, 0) is 54.5 Å². The van der Waals surface area contributed by atoms with Crippen LogP contribution in [-0.2, 0) is 4.74 Å². The summed E-state index contributed by atoms with van der Waals surface area (Å²) in [4.78, 5) is 24.0. The molecule has 0 aliphatic carbocycles. The molecule has 1 aromatic carbocycles. The lowest BCUT2D eigenvalue weighted by Gasteiger charge is -2.18. The summed E-state index contributed by atoms with van der Waals surface area (Å²) >= 11 is 1.75. The number of hydrogen-bond acceptors (Lipinski definition) is 6. The molecule has 1 heterocycles. The molecule has 0 amide bonds. The number of carboxylic acids is 1. The Morgan fingerprint density at radius 3 is 2.56 bits per heavy atom. The molecular formula is C20H26NO5S-. The first-order valence-electron chi connectivity index (χ1n) is 8.88. The molecule has 2 rings (SSSR count). The fourth-order valence-corrected chi connectivity index (χ4v) is 2.94. The van der Waals surface area contributed by atoms with Crippen LogP contribution in [0.1, 0.15) is 44.1 Å². The van der Waals surface area contributed by atoms with Crippen molar-refractivity contribution in [2.24, 2.45) is 5.41 Å². The van der Waals surface area contributed by atoms with Gasteiger partial charge in [-0.15, -0.1) is 0 Å². The van der Waals surface area contributed by atoms with Crippen molar-refractivity contribution in [3.63, 3.8) is 0 Å². The highest BCUT2D eigenvalue weighted by molar-refractivity contribution is 7.98. The molecule has 0 aliphatic rings. The fourth-order valence-electron chi connectivity index (χ4n) is 2.53. The van der Waals surface area contributed by atoms with Crippen LogP contribution >= 0.6 is 11.8 Å². The van der Waals surface area contributed by atoms with Gasteiger partial charge in [0.15, 0.2) is 0 Å². The minimum Gasteiger partial charge on any atom is -0.543 e. The Hall–Kier alpha value is -2.15. The van der Waals surface area contributed by atoms with Gasteiger partial charge in [0, 0.05) is 5.39 Å². The second-order valence-electron chi connectivity index (χ2n) is 7.49. The minimum absolute atomic E-state index is 0.0126. The van der Waals surface area contributed by atoms with Crippen LogP contribution in [0, 0.1) is 5.41 Å². The summed E-state index contributed by atoms with van der Waals surface area (Å²) in [5, 5.41) is 12.1. The normalized spacial score (nSPS) is 11.6. The van der Waals surface area contributed by atoms with Crippen LogP contribution in [-0.4, -0.2) is 41.9 Å². The number of aromatic nitrogens is 1. The van der Waals surface area contributed by atoms with Crippen molar-refractivity contribution in [3.05, 3.63) is 30.0 Å². The van der Waals surface area contributed by atoms with E-state index < -0.39 is 12.1 Å². The first-order chi connectivity index (χ1) is 12.7. The van der Waals surface area contributed by atoms with Crippen molar-refractivity contribution >= 4 is 34.7 Å². The molecule has 27 heavy (non-hydrogen) atoms. The molecule has 0 radical (unpaired) electrons. The molecule has 0 saturated heterocycles. The van der Waals surface area contributed by atoms with Gasteiger partial charge in [0.1, 0.15) is 5.75 Å². The largest absolute Gasteiger partial charge is 0.543 e. The second-order valence-corrected chi connectivity index (χ2v) is 8.48. The zero-order valence-electron chi connectivity index (χ0n) is 16.2. The number of carbonyl (C=O) groups excluding carboxylic acids is 2. The maximum atomic E-state index is 12.5. The van der Waals surface area contributed by atoms with Crippen LogP contribution in [0.5, 0.6) is 5.75 Å². The van der Waals surface area contributed by atoms with Crippen molar-refractivity contribution in [2.75, 3.05) is 25.2 Å². The lowest BCUT2D eigenvalue weighted by atomic mass is 9.93. The number of aromatic carboxylic acids is 1. The first-order valence-corrected chi connectivity index (χ1v) is 10.3. The Kier molecular flexibility index (Phi) is 7.18. The molecule has 0 N–H and O–H groups in total. The highest BCUT2D eigenvalue weighted by atomic mass is 32.2. The molecule has 2 aromatic rings. The van der Waals surface area contributed by atoms with E-state index in [1.54, 1.807) is 30.0 Å². The van der Waals surface area contributed by atoms with Gasteiger partial charge in [-0.3, -0.25) is 0 Å². The average molecular weight is 392 g/mol. The van der Waals surface area contributed by atoms with Crippen molar-refractivity contribution in [1.82, 2.24) is 4.57 Å². The molecule has 0 aliphatic heterocycles. The number of hydrogen-bond donors (Lipinski definition) is 0. The van der Waals surface area contributed by atoms with Crippen LogP contribution in [0.2, 0.25) is 0 Å². The Labute approximate surface area is 163 Å². The van der Waals surface area contributed by atoms with Crippen LogP contribution < -0.4 is 9.84 Å². The summed E-state index contributed by atoms with van der Waals surface area (Å²) in [5.41, 5.74) is 0.232. The van der Waals surface area contributed by atoms with E-state index in [-0.39, 0.29) is 17.7 Å². The molecule has 0 saturated carbocycles. The van der Waals surface area contributed by atoms with Gasteiger partial charge < -0.3 is 19.4 Å². The van der Waals surface area contributed by atoms with E-state index in [4.69, 9.17) is 9.47 Å².